The summed E-state index contributed by atoms with van der Waals surface area (Å²) in [7, 11) is 0. The van der Waals surface area contributed by atoms with Crippen LogP contribution in [0.2, 0.25) is 0 Å². The van der Waals surface area contributed by atoms with E-state index in [2.05, 4.69) is 15.9 Å². The van der Waals surface area contributed by atoms with E-state index in [9.17, 15) is 8.78 Å². The molecule has 90 valence electrons. The van der Waals surface area contributed by atoms with Gasteiger partial charge in [-0.05, 0) is 39.7 Å². The molecule has 1 rings (SSSR count). The first kappa shape index (κ1) is 14.3. The van der Waals surface area contributed by atoms with E-state index in [4.69, 9.17) is 11.6 Å². The van der Waals surface area contributed by atoms with Crippen molar-refractivity contribution in [1.29, 1.82) is 0 Å². The smallest absolute Gasteiger partial charge is 0.144 e. The zero-order chi connectivity index (χ0) is 12.1. The highest BCUT2D eigenvalue weighted by Crippen LogP contribution is 2.26. The molecule has 0 bridgehead atoms. The van der Waals surface area contributed by atoms with Crippen LogP contribution < -0.4 is 0 Å². The molecule has 0 aliphatic rings. The summed E-state index contributed by atoms with van der Waals surface area (Å²) < 4.78 is 27.2. The maximum atomic E-state index is 13.5. The van der Waals surface area contributed by atoms with Gasteiger partial charge in [0.05, 0.1) is 4.47 Å². The lowest BCUT2D eigenvalue weighted by Gasteiger charge is -2.09. The first-order chi connectivity index (χ1) is 7.56. The lowest BCUT2D eigenvalue weighted by atomic mass is 10.2. The summed E-state index contributed by atoms with van der Waals surface area (Å²) in [6.45, 7) is 2.01. The monoisotopic (exact) mass is 328 g/mol. The summed E-state index contributed by atoms with van der Waals surface area (Å²) in [5.74, 6) is 1.05. The van der Waals surface area contributed by atoms with E-state index in [1.807, 2.05) is 6.92 Å². The van der Waals surface area contributed by atoms with Crippen molar-refractivity contribution in [2.24, 2.45) is 5.92 Å². The fourth-order valence-corrected chi connectivity index (χ4v) is 2.82. The van der Waals surface area contributed by atoms with Crippen molar-refractivity contribution in [3.05, 3.63) is 33.8 Å². The Bertz CT molecular complexity index is 360. The van der Waals surface area contributed by atoms with Crippen LogP contribution in [-0.2, 0) is 5.75 Å². The Labute approximate surface area is 112 Å². The van der Waals surface area contributed by atoms with E-state index in [0.29, 0.717) is 22.0 Å². The van der Waals surface area contributed by atoms with E-state index >= 15 is 0 Å². The van der Waals surface area contributed by atoms with Crippen molar-refractivity contribution >= 4 is 39.3 Å². The number of rotatable bonds is 5. The Morgan fingerprint density at radius 3 is 2.75 bits per heavy atom. The zero-order valence-corrected chi connectivity index (χ0v) is 11.9. The molecule has 1 aromatic rings. The molecule has 0 fully saturated rings. The first-order valence-corrected chi connectivity index (χ1v) is 7.30. The van der Waals surface area contributed by atoms with Gasteiger partial charge in [0.25, 0.3) is 0 Å². The summed E-state index contributed by atoms with van der Waals surface area (Å²) in [5.41, 5.74) is 0.126. The molecule has 0 saturated heterocycles. The highest BCUT2D eigenvalue weighted by molar-refractivity contribution is 9.10. The highest BCUT2D eigenvalue weighted by atomic mass is 79.9. The summed E-state index contributed by atoms with van der Waals surface area (Å²) in [6.07, 6.45) is 0. The van der Waals surface area contributed by atoms with Gasteiger partial charge in [-0.2, -0.15) is 11.8 Å². The van der Waals surface area contributed by atoms with Crippen LogP contribution in [0.4, 0.5) is 8.78 Å². The summed E-state index contributed by atoms with van der Waals surface area (Å²) in [6, 6.07) is 2.65. The SMILES string of the molecule is CC(CCl)CSCc1c(F)ccc(Br)c1F. The standard InChI is InChI=1S/C11H12BrClF2S/c1-7(4-13)5-16-6-8-10(14)3-2-9(12)11(8)15/h2-3,7H,4-6H2,1H3. The van der Waals surface area contributed by atoms with Gasteiger partial charge in [0.2, 0.25) is 0 Å². The van der Waals surface area contributed by atoms with Crippen LogP contribution >= 0.6 is 39.3 Å². The van der Waals surface area contributed by atoms with Crippen LogP contribution in [0.3, 0.4) is 0 Å². The van der Waals surface area contributed by atoms with Crippen LogP contribution in [-0.4, -0.2) is 11.6 Å². The van der Waals surface area contributed by atoms with Gasteiger partial charge in [0.15, 0.2) is 0 Å². The molecule has 0 aliphatic carbocycles. The van der Waals surface area contributed by atoms with Crippen molar-refractivity contribution in [3.8, 4) is 0 Å². The quantitative estimate of drug-likeness (QED) is 0.550. The molecule has 1 atom stereocenters. The molecule has 0 aromatic heterocycles. The van der Waals surface area contributed by atoms with E-state index < -0.39 is 11.6 Å². The Balaban J connectivity index is 2.63. The third-order valence-corrected chi connectivity index (χ3v) is 4.49. The largest absolute Gasteiger partial charge is 0.207 e. The zero-order valence-electron chi connectivity index (χ0n) is 8.77. The van der Waals surface area contributed by atoms with Crippen molar-refractivity contribution in [2.45, 2.75) is 12.7 Å². The van der Waals surface area contributed by atoms with Crippen LogP contribution in [0, 0.1) is 17.6 Å². The van der Waals surface area contributed by atoms with Crippen LogP contribution in [0.5, 0.6) is 0 Å². The van der Waals surface area contributed by atoms with Gasteiger partial charge in [0.1, 0.15) is 11.6 Å². The number of hydrogen-bond acceptors (Lipinski definition) is 1. The average Bonchev–Trinajstić information content (AvgIpc) is 2.28. The topological polar surface area (TPSA) is 0 Å². The van der Waals surface area contributed by atoms with Gasteiger partial charge in [-0.1, -0.05) is 6.92 Å². The number of hydrogen-bond donors (Lipinski definition) is 0. The molecule has 0 aliphatic heterocycles. The lowest BCUT2D eigenvalue weighted by molar-refractivity contribution is 0.562. The van der Waals surface area contributed by atoms with Crippen molar-refractivity contribution in [3.63, 3.8) is 0 Å². The van der Waals surface area contributed by atoms with Crippen molar-refractivity contribution < 1.29 is 8.78 Å². The second-order valence-electron chi connectivity index (χ2n) is 3.60. The van der Waals surface area contributed by atoms with Gasteiger partial charge in [0, 0.05) is 17.2 Å². The average molecular weight is 330 g/mol. The molecule has 0 heterocycles. The molecule has 1 unspecified atom stereocenters. The Kier molecular flexibility index (Phi) is 6.08. The lowest BCUT2D eigenvalue weighted by Crippen LogP contribution is -2.01. The van der Waals surface area contributed by atoms with E-state index in [-0.39, 0.29) is 5.56 Å². The maximum Gasteiger partial charge on any atom is 0.144 e. The minimum atomic E-state index is -0.508. The highest BCUT2D eigenvalue weighted by Gasteiger charge is 2.12. The number of thioether (sulfide) groups is 1. The molecule has 0 amide bonds. The number of halogens is 4. The van der Waals surface area contributed by atoms with Gasteiger partial charge in [-0.25, -0.2) is 8.78 Å². The Morgan fingerprint density at radius 1 is 1.44 bits per heavy atom. The molecule has 0 saturated carbocycles. The second-order valence-corrected chi connectivity index (χ2v) is 5.79. The van der Waals surface area contributed by atoms with Crippen LogP contribution in [0.15, 0.2) is 16.6 Å². The Morgan fingerprint density at radius 2 is 2.12 bits per heavy atom. The van der Waals surface area contributed by atoms with Crippen LogP contribution in [0.1, 0.15) is 12.5 Å². The molecule has 5 heteroatoms. The minimum Gasteiger partial charge on any atom is -0.207 e. The van der Waals surface area contributed by atoms with Crippen LogP contribution in [0.25, 0.3) is 0 Å². The van der Waals surface area contributed by atoms with Crippen molar-refractivity contribution in [1.82, 2.24) is 0 Å². The van der Waals surface area contributed by atoms with Crippen molar-refractivity contribution in [2.75, 3.05) is 11.6 Å². The molecular weight excluding hydrogens is 318 g/mol. The van der Waals surface area contributed by atoms with Gasteiger partial charge in [-0.3, -0.25) is 0 Å². The Hall–Kier alpha value is 0.200. The van der Waals surface area contributed by atoms with Gasteiger partial charge in [-0.15, -0.1) is 11.6 Å². The normalized spacial score (nSPS) is 12.8. The van der Waals surface area contributed by atoms with E-state index in [0.717, 1.165) is 5.75 Å². The molecular formula is C11H12BrClF2S. The molecule has 0 nitrogen and oxygen atoms in total. The number of alkyl halides is 1. The summed E-state index contributed by atoms with van der Waals surface area (Å²) >= 11 is 10.2. The molecule has 1 aromatic carbocycles. The molecule has 0 spiro atoms. The fourth-order valence-electron chi connectivity index (χ4n) is 1.11. The number of benzene rings is 1. The van der Waals surface area contributed by atoms with E-state index in [1.54, 1.807) is 0 Å². The second kappa shape index (κ2) is 6.82. The first-order valence-electron chi connectivity index (χ1n) is 4.82. The predicted octanol–water partition coefficient (Wildman–Crippen LogP) is 4.84. The molecule has 16 heavy (non-hydrogen) atoms. The minimum absolute atomic E-state index is 0.126. The molecule has 0 N–H and O–H groups in total. The van der Waals surface area contributed by atoms with E-state index in [1.165, 1.54) is 23.9 Å². The van der Waals surface area contributed by atoms with Gasteiger partial charge < -0.3 is 0 Å². The fraction of sp³-hybridized carbons (Fsp3) is 0.455. The summed E-state index contributed by atoms with van der Waals surface area (Å²) in [5, 5.41) is 0. The maximum absolute atomic E-state index is 13.5. The summed E-state index contributed by atoms with van der Waals surface area (Å²) in [4.78, 5) is 0. The third kappa shape index (κ3) is 3.90. The van der Waals surface area contributed by atoms with Gasteiger partial charge >= 0.3 is 0 Å². The third-order valence-electron chi connectivity index (χ3n) is 2.05. The molecule has 0 radical (unpaired) electrons. The predicted molar refractivity (Wildman–Crippen MR) is 70.1 cm³/mol.